The summed E-state index contributed by atoms with van der Waals surface area (Å²) in [6.45, 7) is 2.08. The zero-order chi connectivity index (χ0) is 18.1. The molecule has 132 valence electrons. The SMILES string of the molecule is CCc1cccc(NC(=O)CCNS(=O)(=O)/C=C/c2ccccc2)c1. The van der Waals surface area contributed by atoms with Crippen LogP contribution in [0.25, 0.3) is 6.08 Å². The van der Waals surface area contributed by atoms with E-state index in [2.05, 4.69) is 10.0 Å². The maximum absolute atomic E-state index is 11.9. The molecule has 1 amide bonds. The topological polar surface area (TPSA) is 75.3 Å². The van der Waals surface area contributed by atoms with Crippen LogP contribution in [-0.2, 0) is 21.2 Å². The molecular weight excluding hydrogens is 336 g/mol. The van der Waals surface area contributed by atoms with Gasteiger partial charge in [0.2, 0.25) is 15.9 Å². The first kappa shape index (κ1) is 18.9. The normalized spacial score (nSPS) is 11.6. The van der Waals surface area contributed by atoms with Crippen molar-refractivity contribution in [2.75, 3.05) is 11.9 Å². The van der Waals surface area contributed by atoms with E-state index in [0.29, 0.717) is 0 Å². The van der Waals surface area contributed by atoms with Crippen LogP contribution in [0.3, 0.4) is 0 Å². The van der Waals surface area contributed by atoms with E-state index in [1.165, 1.54) is 6.08 Å². The highest BCUT2D eigenvalue weighted by atomic mass is 32.2. The van der Waals surface area contributed by atoms with Gasteiger partial charge in [-0.25, -0.2) is 13.1 Å². The molecule has 25 heavy (non-hydrogen) atoms. The number of carbonyl (C=O) groups excluding carboxylic acids is 1. The molecule has 0 atom stereocenters. The van der Waals surface area contributed by atoms with E-state index >= 15 is 0 Å². The third-order valence-electron chi connectivity index (χ3n) is 3.51. The minimum atomic E-state index is -3.57. The number of hydrogen-bond acceptors (Lipinski definition) is 3. The van der Waals surface area contributed by atoms with Crippen LogP contribution in [0.5, 0.6) is 0 Å². The molecule has 0 aliphatic carbocycles. The van der Waals surface area contributed by atoms with Crippen molar-refractivity contribution < 1.29 is 13.2 Å². The Kier molecular flexibility index (Phi) is 6.91. The predicted molar refractivity (Wildman–Crippen MR) is 101 cm³/mol. The largest absolute Gasteiger partial charge is 0.326 e. The van der Waals surface area contributed by atoms with Gasteiger partial charge in [0, 0.05) is 24.1 Å². The molecule has 0 saturated carbocycles. The summed E-state index contributed by atoms with van der Waals surface area (Å²) in [6.07, 6.45) is 2.46. The van der Waals surface area contributed by atoms with Crippen molar-refractivity contribution in [3.05, 3.63) is 71.1 Å². The van der Waals surface area contributed by atoms with Crippen molar-refractivity contribution >= 4 is 27.7 Å². The van der Waals surface area contributed by atoms with Gasteiger partial charge in [0.05, 0.1) is 0 Å². The zero-order valence-electron chi connectivity index (χ0n) is 14.1. The average molecular weight is 358 g/mol. The molecule has 0 unspecified atom stereocenters. The van der Waals surface area contributed by atoms with Crippen molar-refractivity contribution in [1.29, 1.82) is 0 Å². The summed E-state index contributed by atoms with van der Waals surface area (Å²) in [5, 5.41) is 3.87. The standard InChI is InChI=1S/C19H22N2O3S/c1-2-16-9-6-10-18(15-16)21-19(22)11-13-20-25(23,24)14-12-17-7-4-3-5-8-17/h3-10,12,14-15,20H,2,11,13H2,1H3,(H,21,22)/b14-12+. The zero-order valence-corrected chi connectivity index (χ0v) is 14.9. The maximum atomic E-state index is 11.9. The molecule has 2 aromatic carbocycles. The number of benzene rings is 2. The third-order valence-corrected chi connectivity index (χ3v) is 4.61. The lowest BCUT2D eigenvalue weighted by molar-refractivity contribution is -0.116. The Balaban J connectivity index is 1.80. The van der Waals surface area contributed by atoms with Crippen molar-refractivity contribution in [2.45, 2.75) is 19.8 Å². The first-order valence-electron chi connectivity index (χ1n) is 8.10. The van der Waals surface area contributed by atoms with Crippen LogP contribution < -0.4 is 10.0 Å². The van der Waals surface area contributed by atoms with Gasteiger partial charge in [-0.3, -0.25) is 4.79 Å². The highest BCUT2D eigenvalue weighted by Crippen LogP contribution is 2.11. The van der Waals surface area contributed by atoms with E-state index in [1.807, 2.05) is 61.5 Å². The molecule has 0 aliphatic rings. The number of sulfonamides is 1. The van der Waals surface area contributed by atoms with Crippen molar-refractivity contribution in [2.24, 2.45) is 0 Å². The van der Waals surface area contributed by atoms with E-state index < -0.39 is 10.0 Å². The number of carbonyl (C=O) groups is 1. The van der Waals surface area contributed by atoms with E-state index in [-0.39, 0.29) is 18.9 Å². The maximum Gasteiger partial charge on any atom is 0.233 e. The van der Waals surface area contributed by atoms with Gasteiger partial charge >= 0.3 is 0 Å². The Morgan fingerprint density at radius 2 is 1.84 bits per heavy atom. The summed E-state index contributed by atoms with van der Waals surface area (Å²) in [4.78, 5) is 11.9. The van der Waals surface area contributed by atoms with Gasteiger partial charge in [0.25, 0.3) is 0 Å². The third kappa shape index (κ3) is 6.91. The van der Waals surface area contributed by atoms with Crippen LogP contribution in [0, 0.1) is 0 Å². The number of nitrogens with one attached hydrogen (secondary N) is 2. The predicted octanol–water partition coefficient (Wildman–Crippen LogP) is 3.17. The summed E-state index contributed by atoms with van der Waals surface area (Å²) < 4.78 is 26.2. The lowest BCUT2D eigenvalue weighted by atomic mass is 10.1. The van der Waals surface area contributed by atoms with Crippen LogP contribution in [0.2, 0.25) is 0 Å². The Bertz CT molecular complexity index is 831. The van der Waals surface area contributed by atoms with Crippen molar-refractivity contribution in [1.82, 2.24) is 4.72 Å². The van der Waals surface area contributed by atoms with Gasteiger partial charge in [0.1, 0.15) is 0 Å². The number of anilines is 1. The molecule has 2 N–H and O–H groups in total. The highest BCUT2D eigenvalue weighted by Gasteiger charge is 2.07. The molecule has 2 rings (SSSR count). The minimum Gasteiger partial charge on any atom is -0.326 e. The van der Waals surface area contributed by atoms with E-state index in [1.54, 1.807) is 0 Å². The van der Waals surface area contributed by atoms with Crippen LogP contribution in [0.1, 0.15) is 24.5 Å². The van der Waals surface area contributed by atoms with Gasteiger partial charge in [-0.2, -0.15) is 0 Å². The first-order chi connectivity index (χ1) is 12.0. The van der Waals surface area contributed by atoms with E-state index in [4.69, 9.17) is 0 Å². The summed E-state index contributed by atoms with van der Waals surface area (Å²) >= 11 is 0. The lowest BCUT2D eigenvalue weighted by Crippen LogP contribution is -2.26. The molecule has 0 saturated heterocycles. The second kappa shape index (κ2) is 9.15. The van der Waals surface area contributed by atoms with Crippen molar-refractivity contribution in [3.8, 4) is 0 Å². The summed E-state index contributed by atoms with van der Waals surface area (Å²) in [5.74, 6) is -0.233. The molecule has 0 fully saturated rings. The number of hydrogen-bond donors (Lipinski definition) is 2. The van der Waals surface area contributed by atoms with Gasteiger partial charge < -0.3 is 5.32 Å². The smallest absolute Gasteiger partial charge is 0.233 e. The molecule has 0 radical (unpaired) electrons. The Morgan fingerprint density at radius 3 is 2.56 bits per heavy atom. The fourth-order valence-electron chi connectivity index (χ4n) is 2.18. The summed E-state index contributed by atoms with van der Waals surface area (Å²) in [7, 11) is -3.57. The minimum absolute atomic E-state index is 0.0424. The monoisotopic (exact) mass is 358 g/mol. The molecule has 0 aromatic heterocycles. The average Bonchev–Trinajstić information content (AvgIpc) is 2.61. The Labute approximate surface area is 148 Å². The molecule has 6 heteroatoms. The molecular formula is C19H22N2O3S. The van der Waals surface area contributed by atoms with Crippen LogP contribution in [-0.4, -0.2) is 20.9 Å². The Hall–Kier alpha value is -2.44. The highest BCUT2D eigenvalue weighted by molar-refractivity contribution is 7.92. The van der Waals surface area contributed by atoms with Gasteiger partial charge in [-0.05, 0) is 35.8 Å². The van der Waals surface area contributed by atoms with Gasteiger partial charge in [-0.15, -0.1) is 0 Å². The van der Waals surface area contributed by atoms with Crippen LogP contribution in [0.4, 0.5) is 5.69 Å². The van der Waals surface area contributed by atoms with Crippen LogP contribution in [0.15, 0.2) is 60.0 Å². The van der Waals surface area contributed by atoms with Gasteiger partial charge in [-0.1, -0.05) is 49.4 Å². The molecule has 5 nitrogen and oxygen atoms in total. The second-order valence-corrected chi connectivity index (χ2v) is 7.16. The fraction of sp³-hybridized carbons (Fsp3) is 0.211. The molecule has 2 aromatic rings. The quantitative estimate of drug-likeness (QED) is 0.761. The number of amides is 1. The summed E-state index contributed by atoms with van der Waals surface area (Å²) in [5.41, 5.74) is 2.64. The Morgan fingerprint density at radius 1 is 1.08 bits per heavy atom. The molecule has 0 heterocycles. The lowest BCUT2D eigenvalue weighted by Gasteiger charge is -2.07. The van der Waals surface area contributed by atoms with E-state index in [0.717, 1.165) is 28.6 Å². The second-order valence-electron chi connectivity index (χ2n) is 5.50. The molecule has 0 bridgehead atoms. The van der Waals surface area contributed by atoms with Crippen molar-refractivity contribution in [3.63, 3.8) is 0 Å². The number of aryl methyl sites for hydroxylation is 1. The molecule has 0 spiro atoms. The van der Waals surface area contributed by atoms with E-state index in [9.17, 15) is 13.2 Å². The van der Waals surface area contributed by atoms with Crippen LogP contribution >= 0.6 is 0 Å². The summed E-state index contributed by atoms with van der Waals surface area (Å²) in [6, 6.07) is 16.7. The first-order valence-corrected chi connectivity index (χ1v) is 9.65. The fourth-order valence-corrected chi connectivity index (χ4v) is 3.00. The number of rotatable bonds is 8. The molecule has 0 aliphatic heterocycles. The van der Waals surface area contributed by atoms with Gasteiger partial charge in [0.15, 0.2) is 0 Å².